The molecule has 3 N–H and O–H groups in total. The molecule has 2 rings (SSSR count). The second-order valence-electron chi connectivity index (χ2n) is 3.91. The zero-order valence-corrected chi connectivity index (χ0v) is 9.07. The standard InChI is InChI=1S/C11H14ClNO2/c12-9-3-1-8(2-4-9)11(6-15-7-11)10(14)5-13/h1-4,10,14H,5-7,13H2. The van der Waals surface area contributed by atoms with E-state index >= 15 is 0 Å². The van der Waals surface area contributed by atoms with Crippen LogP contribution < -0.4 is 5.73 Å². The van der Waals surface area contributed by atoms with Gasteiger partial charge in [-0.2, -0.15) is 0 Å². The zero-order valence-electron chi connectivity index (χ0n) is 8.32. The summed E-state index contributed by atoms with van der Waals surface area (Å²) in [5.74, 6) is 0. The predicted molar refractivity (Wildman–Crippen MR) is 59.0 cm³/mol. The molecule has 4 heteroatoms. The van der Waals surface area contributed by atoms with Gasteiger partial charge in [0.25, 0.3) is 0 Å². The summed E-state index contributed by atoms with van der Waals surface area (Å²) < 4.78 is 5.20. The Kier molecular flexibility index (Phi) is 2.98. The highest BCUT2D eigenvalue weighted by Gasteiger charge is 2.45. The second kappa shape index (κ2) is 4.10. The lowest BCUT2D eigenvalue weighted by Gasteiger charge is -2.45. The van der Waals surface area contributed by atoms with Crippen molar-refractivity contribution >= 4 is 11.6 Å². The lowest BCUT2D eigenvalue weighted by atomic mass is 9.74. The van der Waals surface area contributed by atoms with Crippen LogP contribution in [0.2, 0.25) is 5.02 Å². The summed E-state index contributed by atoms with van der Waals surface area (Å²) in [6.07, 6.45) is -0.563. The van der Waals surface area contributed by atoms with E-state index in [1.165, 1.54) is 0 Å². The fraction of sp³-hybridized carbons (Fsp3) is 0.455. The fourth-order valence-electron chi connectivity index (χ4n) is 1.88. The molecule has 1 atom stereocenters. The molecule has 3 nitrogen and oxygen atoms in total. The van der Waals surface area contributed by atoms with Crippen molar-refractivity contribution in [2.24, 2.45) is 5.73 Å². The van der Waals surface area contributed by atoms with Crippen LogP contribution in [0, 0.1) is 0 Å². The number of nitrogens with two attached hydrogens (primary N) is 1. The first kappa shape index (κ1) is 10.9. The minimum atomic E-state index is -0.563. The van der Waals surface area contributed by atoms with E-state index in [-0.39, 0.29) is 12.0 Å². The quantitative estimate of drug-likeness (QED) is 0.808. The van der Waals surface area contributed by atoms with Gasteiger partial charge in [0.05, 0.1) is 24.7 Å². The molecule has 1 fully saturated rings. The molecule has 82 valence electrons. The smallest absolute Gasteiger partial charge is 0.0803 e. The van der Waals surface area contributed by atoms with Crippen LogP contribution in [0.15, 0.2) is 24.3 Å². The molecule has 1 unspecified atom stereocenters. The van der Waals surface area contributed by atoms with Gasteiger partial charge >= 0.3 is 0 Å². The van der Waals surface area contributed by atoms with Gasteiger partial charge in [-0.1, -0.05) is 23.7 Å². The number of aliphatic hydroxyl groups is 1. The number of halogens is 1. The highest BCUT2D eigenvalue weighted by Crippen LogP contribution is 2.36. The van der Waals surface area contributed by atoms with E-state index in [0.717, 1.165) is 5.56 Å². The molecule has 0 amide bonds. The molecule has 1 aliphatic heterocycles. The largest absolute Gasteiger partial charge is 0.391 e. The summed E-state index contributed by atoms with van der Waals surface area (Å²) >= 11 is 5.82. The first-order valence-corrected chi connectivity index (χ1v) is 5.29. The Morgan fingerprint density at radius 1 is 1.40 bits per heavy atom. The Morgan fingerprint density at radius 2 is 2.00 bits per heavy atom. The van der Waals surface area contributed by atoms with Crippen molar-refractivity contribution < 1.29 is 9.84 Å². The van der Waals surface area contributed by atoms with E-state index < -0.39 is 6.10 Å². The Morgan fingerprint density at radius 3 is 2.40 bits per heavy atom. The highest BCUT2D eigenvalue weighted by atomic mass is 35.5. The summed E-state index contributed by atoms with van der Waals surface area (Å²) in [4.78, 5) is 0. The second-order valence-corrected chi connectivity index (χ2v) is 4.34. The number of ether oxygens (including phenoxy) is 1. The number of benzene rings is 1. The molecule has 1 aromatic rings. The molecule has 0 radical (unpaired) electrons. The van der Waals surface area contributed by atoms with Crippen LogP contribution in [-0.4, -0.2) is 31.0 Å². The molecule has 1 aromatic carbocycles. The van der Waals surface area contributed by atoms with Crippen LogP contribution >= 0.6 is 11.6 Å². The Bertz CT molecular complexity index is 335. The van der Waals surface area contributed by atoms with E-state index in [0.29, 0.717) is 18.2 Å². The van der Waals surface area contributed by atoms with E-state index in [4.69, 9.17) is 22.1 Å². The normalized spacial score (nSPS) is 20.7. The molecule has 0 aromatic heterocycles. The Hall–Kier alpha value is -0.610. The lowest BCUT2D eigenvalue weighted by molar-refractivity contribution is -0.116. The minimum Gasteiger partial charge on any atom is -0.391 e. The third-order valence-corrected chi connectivity index (χ3v) is 3.25. The highest BCUT2D eigenvalue weighted by molar-refractivity contribution is 6.30. The van der Waals surface area contributed by atoms with Gasteiger partial charge in [-0.15, -0.1) is 0 Å². The third kappa shape index (κ3) is 1.76. The van der Waals surface area contributed by atoms with E-state index in [1.54, 1.807) is 0 Å². The van der Waals surface area contributed by atoms with Gasteiger partial charge in [-0.25, -0.2) is 0 Å². The molecule has 0 bridgehead atoms. The summed E-state index contributed by atoms with van der Waals surface area (Å²) in [7, 11) is 0. The number of hydrogen-bond acceptors (Lipinski definition) is 3. The van der Waals surface area contributed by atoms with E-state index in [1.807, 2.05) is 24.3 Å². The number of rotatable bonds is 3. The van der Waals surface area contributed by atoms with Crippen LogP contribution in [0.25, 0.3) is 0 Å². The van der Waals surface area contributed by atoms with Gasteiger partial charge in [0.15, 0.2) is 0 Å². The molecule has 0 aliphatic carbocycles. The van der Waals surface area contributed by atoms with Crippen LogP contribution in [0.5, 0.6) is 0 Å². The van der Waals surface area contributed by atoms with Crippen molar-refractivity contribution in [2.45, 2.75) is 11.5 Å². The molecular weight excluding hydrogens is 214 g/mol. The third-order valence-electron chi connectivity index (χ3n) is 3.00. The van der Waals surface area contributed by atoms with Crippen molar-refractivity contribution in [1.82, 2.24) is 0 Å². The molecule has 0 saturated carbocycles. The summed E-state index contributed by atoms with van der Waals surface area (Å²) in [6.45, 7) is 1.28. The lowest BCUT2D eigenvalue weighted by Crippen LogP contribution is -2.57. The maximum atomic E-state index is 9.91. The molecule has 0 spiro atoms. The summed E-state index contributed by atoms with van der Waals surface area (Å²) in [5, 5.41) is 10.6. The zero-order chi connectivity index (χ0) is 10.9. The molecule has 1 saturated heterocycles. The summed E-state index contributed by atoms with van der Waals surface area (Å²) in [5.41, 5.74) is 6.21. The van der Waals surface area contributed by atoms with Crippen LogP contribution in [0.4, 0.5) is 0 Å². The van der Waals surface area contributed by atoms with Crippen molar-refractivity contribution in [3.63, 3.8) is 0 Å². The number of aliphatic hydroxyl groups excluding tert-OH is 1. The van der Waals surface area contributed by atoms with Crippen molar-refractivity contribution in [1.29, 1.82) is 0 Å². The van der Waals surface area contributed by atoms with Gasteiger partial charge in [-0.3, -0.25) is 0 Å². The Labute approximate surface area is 93.8 Å². The van der Waals surface area contributed by atoms with Gasteiger partial charge in [0, 0.05) is 11.6 Å². The van der Waals surface area contributed by atoms with Gasteiger partial charge in [0.1, 0.15) is 0 Å². The minimum absolute atomic E-state index is 0.242. The Balaban J connectivity index is 2.30. The molecular formula is C11H14ClNO2. The fourth-order valence-corrected chi connectivity index (χ4v) is 2.01. The van der Waals surface area contributed by atoms with Crippen molar-refractivity contribution in [2.75, 3.05) is 19.8 Å². The molecule has 15 heavy (non-hydrogen) atoms. The average Bonchev–Trinajstić information content (AvgIpc) is 2.19. The van der Waals surface area contributed by atoms with Gasteiger partial charge in [0.2, 0.25) is 0 Å². The van der Waals surface area contributed by atoms with Crippen molar-refractivity contribution in [3.8, 4) is 0 Å². The monoisotopic (exact) mass is 227 g/mol. The van der Waals surface area contributed by atoms with E-state index in [2.05, 4.69) is 0 Å². The average molecular weight is 228 g/mol. The predicted octanol–water partition coefficient (Wildman–Crippen LogP) is 0.928. The topological polar surface area (TPSA) is 55.5 Å². The SMILES string of the molecule is NCC(O)C1(c2ccc(Cl)cc2)COC1. The maximum Gasteiger partial charge on any atom is 0.0803 e. The van der Waals surface area contributed by atoms with Crippen LogP contribution in [0.3, 0.4) is 0 Å². The summed E-state index contributed by atoms with van der Waals surface area (Å²) in [6, 6.07) is 7.48. The first-order chi connectivity index (χ1) is 7.19. The first-order valence-electron chi connectivity index (χ1n) is 4.91. The van der Waals surface area contributed by atoms with Crippen molar-refractivity contribution in [3.05, 3.63) is 34.9 Å². The van der Waals surface area contributed by atoms with Crippen LogP contribution in [-0.2, 0) is 10.2 Å². The van der Waals surface area contributed by atoms with Gasteiger partial charge in [-0.05, 0) is 17.7 Å². The van der Waals surface area contributed by atoms with Gasteiger partial charge < -0.3 is 15.6 Å². The van der Waals surface area contributed by atoms with Crippen LogP contribution in [0.1, 0.15) is 5.56 Å². The maximum absolute atomic E-state index is 9.91. The molecule has 1 aliphatic rings. The molecule has 1 heterocycles. The number of hydrogen-bond donors (Lipinski definition) is 2. The van der Waals surface area contributed by atoms with E-state index in [9.17, 15) is 5.11 Å².